The number of hydrogen-bond donors (Lipinski definition) is 1. The first-order chi connectivity index (χ1) is 9.29. The van der Waals surface area contributed by atoms with E-state index in [9.17, 15) is 0 Å². The third kappa shape index (κ3) is 3.75. The zero-order chi connectivity index (χ0) is 14.9. The summed E-state index contributed by atoms with van der Waals surface area (Å²) in [6.45, 7) is 15.4. The standard InChI is InChI=1S/C17H34N2O/c1-6-16(5)14-19(11-12-20-15(2,3)4)17(13-18-16)9-7-8-10-17/h18H,6-14H2,1-5H3. The van der Waals surface area contributed by atoms with Crippen molar-refractivity contribution in [2.24, 2.45) is 0 Å². The number of piperazine rings is 1. The van der Waals surface area contributed by atoms with Gasteiger partial charge in [-0.25, -0.2) is 0 Å². The van der Waals surface area contributed by atoms with Gasteiger partial charge in [0.1, 0.15) is 0 Å². The van der Waals surface area contributed by atoms with Crippen LogP contribution in [0.15, 0.2) is 0 Å². The van der Waals surface area contributed by atoms with E-state index in [1.54, 1.807) is 0 Å². The summed E-state index contributed by atoms with van der Waals surface area (Å²) in [5.74, 6) is 0. The lowest BCUT2D eigenvalue weighted by molar-refractivity contribution is -0.0478. The van der Waals surface area contributed by atoms with Crippen LogP contribution in [0.2, 0.25) is 0 Å². The van der Waals surface area contributed by atoms with Gasteiger partial charge in [-0.05, 0) is 47.0 Å². The van der Waals surface area contributed by atoms with E-state index in [1.807, 2.05) is 0 Å². The minimum Gasteiger partial charge on any atom is -0.375 e. The predicted octanol–water partition coefficient (Wildman–Crippen LogP) is 3.19. The van der Waals surface area contributed by atoms with Gasteiger partial charge in [0.25, 0.3) is 0 Å². The van der Waals surface area contributed by atoms with Crippen LogP contribution < -0.4 is 5.32 Å². The monoisotopic (exact) mass is 282 g/mol. The third-order valence-corrected chi connectivity index (χ3v) is 5.27. The highest BCUT2D eigenvalue weighted by Crippen LogP contribution is 2.38. The fourth-order valence-electron chi connectivity index (χ4n) is 3.68. The second-order valence-corrected chi connectivity index (χ2v) is 8.08. The molecule has 2 fully saturated rings. The van der Waals surface area contributed by atoms with Crippen molar-refractivity contribution in [1.82, 2.24) is 10.2 Å². The minimum atomic E-state index is -0.0229. The van der Waals surface area contributed by atoms with Gasteiger partial charge in [0.05, 0.1) is 12.2 Å². The number of nitrogens with zero attached hydrogens (tertiary/aromatic N) is 1. The molecule has 0 amide bonds. The van der Waals surface area contributed by atoms with Gasteiger partial charge in [-0.2, -0.15) is 0 Å². The Morgan fingerprint density at radius 2 is 1.85 bits per heavy atom. The van der Waals surface area contributed by atoms with E-state index in [0.29, 0.717) is 5.54 Å². The average Bonchev–Trinajstić information content (AvgIpc) is 2.83. The first kappa shape index (κ1) is 16.3. The summed E-state index contributed by atoms with van der Waals surface area (Å²) in [6, 6.07) is 0. The van der Waals surface area contributed by atoms with Crippen LogP contribution in [-0.2, 0) is 4.74 Å². The van der Waals surface area contributed by atoms with Crippen LogP contribution in [0, 0.1) is 0 Å². The molecule has 2 aliphatic rings. The Morgan fingerprint density at radius 1 is 1.20 bits per heavy atom. The SMILES string of the molecule is CCC1(C)CN(CCOC(C)(C)C)C2(CCCC2)CN1. The Balaban J connectivity index is 1.99. The number of hydrogen-bond acceptors (Lipinski definition) is 3. The van der Waals surface area contributed by atoms with Gasteiger partial charge in [0.15, 0.2) is 0 Å². The van der Waals surface area contributed by atoms with Crippen molar-refractivity contribution in [2.45, 2.75) is 83.4 Å². The van der Waals surface area contributed by atoms with E-state index >= 15 is 0 Å². The summed E-state index contributed by atoms with van der Waals surface area (Å²) in [5.41, 5.74) is 0.663. The molecule has 3 heteroatoms. The Bertz CT molecular complexity index is 317. The summed E-state index contributed by atoms with van der Waals surface area (Å²) in [4.78, 5) is 2.74. The lowest BCUT2D eigenvalue weighted by atomic mass is 9.85. The Labute approximate surface area is 125 Å². The minimum absolute atomic E-state index is 0.0229. The highest BCUT2D eigenvalue weighted by atomic mass is 16.5. The van der Waals surface area contributed by atoms with Crippen molar-refractivity contribution >= 4 is 0 Å². The maximum absolute atomic E-state index is 5.97. The molecule has 20 heavy (non-hydrogen) atoms. The van der Waals surface area contributed by atoms with Crippen LogP contribution in [-0.4, -0.2) is 47.8 Å². The fraction of sp³-hybridized carbons (Fsp3) is 1.00. The Morgan fingerprint density at radius 3 is 2.40 bits per heavy atom. The van der Waals surface area contributed by atoms with Crippen LogP contribution in [0.1, 0.15) is 66.7 Å². The van der Waals surface area contributed by atoms with E-state index in [2.05, 4.69) is 44.8 Å². The lowest BCUT2D eigenvalue weighted by Crippen LogP contribution is -2.68. The van der Waals surface area contributed by atoms with E-state index in [4.69, 9.17) is 4.74 Å². The van der Waals surface area contributed by atoms with Crippen molar-refractivity contribution in [3.63, 3.8) is 0 Å². The molecule has 0 radical (unpaired) electrons. The second-order valence-electron chi connectivity index (χ2n) is 8.08. The quantitative estimate of drug-likeness (QED) is 0.857. The molecule has 1 heterocycles. The highest BCUT2D eigenvalue weighted by molar-refractivity contribution is 5.05. The molecular weight excluding hydrogens is 248 g/mol. The van der Waals surface area contributed by atoms with E-state index in [0.717, 1.165) is 26.2 Å². The summed E-state index contributed by atoms with van der Waals surface area (Å²) in [6.07, 6.45) is 6.69. The van der Waals surface area contributed by atoms with Gasteiger partial charge in [0, 0.05) is 30.7 Å². The van der Waals surface area contributed by atoms with Crippen LogP contribution >= 0.6 is 0 Å². The number of nitrogens with one attached hydrogen (secondary N) is 1. The zero-order valence-corrected chi connectivity index (χ0v) is 14.2. The van der Waals surface area contributed by atoms with Crippen LogP contribution in [0.5, 0.6) is 0 Å². The molecule has 1 spiro atoms. The molecule has 2 rings (SSSR count). The number of ether oxygens (including phenoxy) is 1. The van der Waals surface area contributed by atoms with Crippen molar-refractivity contribution in [1.29, 1.82) is 0 Å². The fourth-order valence-corrected chi connectivity index (χ4v) is 3.68. The molecule has 1 N–H and O–H groups in total. The topological polar surface area (TPSA) is 24.5 Å². The van der Waals surface area contributed by atoms with Crippen molar-refractivity contribution in [3.8, 4) is 0 Å². The average molecular weight is 282 g/mol. The first-order valence-electron chi connectivity index (χ1n) is 8.43. The van der Waals surface area contributed by atoms with E-state index < -0.39 is 0 Å². The molecule has 0 bridgehead atoms. The summed E-state index contributed by atoms with van der Waals surface area (Å²) < 4.78 is 5.97. The van der Waals surface area contributed by atoms with Crippen molar-refractivity contribution < 1.29 is 4.74 Å². The summed E-state index contributed by atoms with van der Waals surface area (Å²) in [5, 5.41) is 3.83. The maximum Gasteiger partial charge on any atom is 0.0600 e. The van der Waals surface area contributed by atoms with E-state index in [1.165, 1.54) is 32.1 Å². The molecule has 0 aromatic heterocycles. The van der Waals surface area contributed by atoms with Crippen LogP contribution in [0.4, 0.5) is 0 Å². The number of rotatable bonds is 4. The largest absolute Gasteiger partial charge is 0.375 e. The zero-order valence-electron chi connectivity index (χ0n) is 14.2. The summed E-state index contributed by atoms with van der Waals surface area (Å²) in [7, 11) is 0. The van der Waals surface area contributed by atoms with Crippen molar-refractivity contribution in [3.05, 3.63) is 0 Å². The smallest absolute Gasteiger partial charge is 0.0600 e. The molecule has 1 unspecified atom stereocenters. The first-order valence-corrected chi connectivity index (χ1v) is 8.43. The Hall–Kier alpha value is -0.120. The molecule has 1 aliphatic heterocycles. The van der Waals surface area contributed by atoms with Gasteiger partial charge in [0.2, 0.25) is 0 Å². The third-order valence-electron chi connectivity index (χ3n) is 5.27. The van der Waals surface area contributed by atoms with Gasteiger partial charge in [-0.1, -0.05) is 19.8 Å². The summed E-state index contributed by atoms with van der Waals surface area (Å²) >= 11 is 0. The van der Waals surface area contributed by atoms with Gasteiger partial charge < -0.3 is 10.1 Å². The van der Waals surface area contributed by atoms with Gasteiger partial charge >= 0.3 is 0 Å². The Kier molecular flexibility index (Phi) is 4.83. The molecule has 1 saturated heterocycles. The van der Waals surface area contributed by atoms with E-state index in [-0.39, 0.29) is 11.1 Å². The molecular formula is C17H34N2O. The normalized spacial score (nSPS) is 31.1. The van der Waals surface area contributed by atoms with Crippen LogP contribution in [0.25, 0.3) is 0 Å². The molecule has 1 atom stereocenters. The highest BCUT2D eigenvalue weighted by Gasteiger charge is 2.46. The van der Waals surface area contributed by atoms with Gasteiger partial charge in [-0.3, -0.25) is 4.90 Å². The van der Waals surface area contributed by atoms with Crippen LogP contribution in [0.3, 0.4) is 0 Å². The van der Waals surface area contributed by atoms with Gasteiger partial charge in [-0.15, -0.1) is 0 Å². The molecule has 1 aliphatic carbocycles. The molecule has 1 saturated carbocycles. The molecule has 118 valence electrons. The van der Waals surface area contributed by atoms with Crippen molar-refractivity contribution in [2.75, 3.05) is 26.2 Å². The molecule has 0 aromatic rings. The maximum atomic E-state index is 5.97. The second kappa shape index (κ2) is 5.94. The lowest BCUT2D eigenvalue weighted by Gasteiger charge is -2.52. The predicted molar refractivity (Wildman–Crippen MR) is 85.2 cm³/mol. The molecule has 0 aromatic carbocycles. The molecule has 3 nitrogen and oxygen atoms in total.